The molecule has 0 atom stereocenters. The number of hydrogen-bond acceptors (Lipinski definition) is 3. The molecule has 1 aromatic carbocycles. The summed E-state index contributed by atoms with van der Waals surface area (Å²) in [5.41, 5.74) is 0.404. The van der Waals surface area contributed by atoms with E-state index >= 15 is 0 Å². The van der Waals surface area contributed by atoms with Crippen LogP contribution in [-0.2, 0) is 6.54 Å². The van der Waals surface area contributed by atoms with E-state index in [0.29, 0.717) is 18.1 Å². The van der Waals surface area contributed by atoms with E-state index in [1.54, 1.807) is 19.2 Å². The second kappa shape index (κ2) is 10.0. The number of para-hydroxylation sites is 1. The molecular formula is C16H25F3N4O. The van der Waals surface area contributed by atoms with Crippen molar-refractivity contribution < 1.29 is 17.9 Å². The van der Waals surface area contributed by atoms with Gasteiger partial charge in [-0.05, 0) is 19.2 Å². The zero-order valence-corrected chi connectivity index (χ0v) is 14.3. The highest BCUT2D eigenvalue weighted by Gasteiger charge is 2.31. The van der Waals surface area contributed by atoms with Crippen LogP contribution in [0.1, 0.15) is 19.4 Å². The Morgan fingerprint density at radius 2 is 1.83 bits per heavy atom. The predicted octanol–water partition coefficient (Wildman–Crippen LogP) is 2.59. The molecule has 0 aliphatic rings. The molecule has 0 saturated heterocycles. The number of alkyl halides is 3. The highest BCUT2D eigenvalue weighted by Crippen LogP contribution is 2.25. The Balaban J connectivity index is 2.55. The number of ether oxygens (including phenoxy) is 1. The molecule has 0 saturated carbocycles. The molecule has 0 aliphatic carbocycles. The first-order valence-corrected chi connectivity index (χ1v) is 7.90. The van der Waals surface area contributed by atoms with Crippen molar-refractivity contribution in [3.05, 3.63) is 29.8 Å². The third-order valence-electron chi connectivity index (χ3n) is 3.48. The highest BCUT2D eigenvalue weighted by molar-refractivity contribution is 5.79. The van der Waals surface area contributed by atoms with Gasteiger partial charge in [-0.15, -0.1) is 13.2 Å². The third kappa shape index (κ3) is 7.54. The van der Waals surface area contributed by atoms with Gasteiger partial charge >= 0.3 is 6.36 Å². The average Bonchev–Trinajstić information content (AvgIpc) is 2.54. The maximum atomic E-state index is 12.4. The van der Waals surface area contributed by atoms with Gasteiger partial charge in [-0.2, -0.15) is 0 Å². The summed E-state index contributed by atoms with van der Waals surface area (Å²) in [6.45, 7) is 7.85. The van der Waals surface area contributed by atoms with Gasteiger partial charge in [0.1, 0.15) is 5.75 Å². The fourth-order valence-electron chi connectivity index (χ4n) is 2.15. The second-order valence-electron chi connectivity index (χ2n) is 5.03. The number of rotatable bonds is 8. The molecule has 136 valence electrons. The predicted molar refractivity (Wildman–Crippen MR) is 89.1 cm³/mol. The zero-order valence-electron chi connectivity index (χ0n) is 14.3. The minimum Gasteiger partial charge on any atom is -0.405 e. The van der Waals surface area contributed by atoms with Crippen molar-refractivity contribution in [1.82, 2.24) is 15.5 Å². The first-order valence-electron chi connectivity index (χ1n) is 7.90. The van der Waals surface area contributed by atoms with Gasteiger partial charge in [0.15, 0.2) is 5.96 Å². The Hall–Kier alpha value is -1.96. The largest absolute Gasteiger partial charge is 0.573 e. The molecule has 0 heterocycles. The number of halogens is 3. The molecule has 24 heavy (non-hydrogen) atoms. The molecule has 0 aromatic heterocycles. The summed E-state index contributed by atoms with van der Waals surface area (Å²) in [6.07, 6.45) is -4.71. The molecule has 0 spiro atoms. The molecule has 0 radical (unpaired) electrons. The van der Waals surface area contributed by atoms with Gasteiger partial charge in [-0.1, -0.05) is 32.0 Å². The molecule has 0 unspecified atom stereocenters. The van der Waals surface area contributed by atoms with Crippen LogP contribution in [0.2, 0.25) is 0 Å². The lowest BCUT2D eigenvalue weighted by molar-refractivity contribution is -0.274. The molecule has 1 aromatic rings. The van der Waals surface area contributed by atoms with Crippen molar-refractivity contribution >= 4 is 5.96 Å². The number of likely N-dealkylation sites (N-methyl/N-ethyl adjacent to an activating group) is 1. The van der Waals surface area contributed by atoms with Crippen molar-refractivity contribution in [2.75, 3.05) is 33.2 Å². The number of nitrogens with zero attached hydrogens (tertiary/aromatic N) is 2. The van der Waals surface area contributed by atoms with Gasteiger partial charge in [0.05, 0.1) is 0 Å². The van der Waals surface area contributed by atoms with E-state index in [2.05, 4.69) is 39.1 Å². The van der Waals surface area contributed by atoms with Crippen molar-refractivity contribution in [3.63, 3.8) is 0 Å². The van der Waals surface area contributed by atoms with Gasteiger partial charge in [0, 0.05) is 32.2 Å². The van der Waals surface area contributed by atoms with Gasteiger partial charge in [0.2, 0.25) is 0 Å². The van der Waals surface area contributed by atoms with E-state index in [0.717, 1.165) is 19.6 Å². The maximum absolute atomic E-state index is 12.4. The minimum atomic E-state index is -4.71. The minimum absolute atomic E-state index is 0.178. The molecule has 0 bridgehead atoms. The van der Waals surface area contributed by atoms with Crippen LogP contribution in [0.3, 0.4) is 0 Å². The Kier molecular flexibility index (Phi) is 8.39. The molecule has 5 nitrogen and oxygen atoms in total. The molecule has 2 N–H and O–H groups in total. The summed E-state index contributed by atoms with van der Waals surface area (Å²) in [7, 11) is 1.62. The van der Waals surface area contributed by atoms with Crippen LogP contribution in [0.15, 0.2) is 29.3 Å². The Bertz CT molecular complexity index is 516. The van der Waals surface area contributed by atoms with Crippen LogP contribution in [0.4, 0.5) is 13.2 Å². The van der Waals surface area contributed by atoms with Crippen LogP contribution < -0.4 is 15.4 Å². The zero-order chi connectivity index (χ0) is 18.0. The fourth-order valence-corrected chi connectivity index (χ4v) is 2.15. The van der Waals surface area contributed by atoms with Crippen LogP contribution in [0, 0.1) is 0 Å². The molecule has 1 rings (SSSR count). The summed E-state index contributed by atoms with van der Waals surface area (Å²) in [6, 6.07) is 6.04. The van der Waals surface area contributed by atoms with Crippen LogP contribution >= 0.6 is 0 Å². The lowest BCUT2D eigenvalue weighted by atomic mass is 10.2. The maximum Gasteiger partial charge on any atom is 0.573 e. The number of benzene rings is 1. The number of nitrogens with one attached hydrogen (secondary N) is 2. The summed E-state index contributed by atoms with van der Waals surface area (Å²) < 4.78 is 41.3. The summed E-state index contributed by atoms with van der Waals surface area (Å²) in [5, 5.41) is 6.14. The van der Waals surface area contributed by atoms with E-state index in [1.807, 2.05) is 0 Å². The summed E-state index contributed by atoms with van der Waals surface area (Å²) >= 11 is 0. The highest BCUT2D eigenvalue weighted by atomic mass is 19.4. The van der Waals surface area contributed by atoms with E-state index in [1.165, 1.54) is 12.1 Å². The number of guanidine groups is 1. The van der Waals surface area contributed by atoms with E-state index in [-0.39, 0.29) is 12.3 Å². The Labute approximate surface area is 140 Å². The number of aliphatic imine (C=N–C) groups is 1. The van der Waals surface area contributed by atoms with Crippen LogP contribution in [0.5, 0.6) is 5.75 Å². The van der Waals surface area contributed by atoms with Crippen LogP contribution in [0.25, 0.3) is 0 Å². The summed E-state index contributed by atoms with van der Waals surface area (Å²) in [4.78, 5) is 6.33. The van der Waals surface area contributed by atoms with Crippen molar-refractivity contribution in [3.8, 4) is 5.75 Å². The monoisotopic (exact) mass is 346 g/mol. The smallest absolute Gasteiger partial charge is 0.405 e. The lowest BCUT2D eigenvalue weighted by Crippen LogP contribution is -2.41. The van der Waals surface area contributed by atoms with Crippen molar-refractivity contribution in [2.45, 2.75) is 26.8 Å². The van der Waals surface area contributed by atoms with Gasteiger partial charge in [-0.25, -0.2) is 0 Å². The second-order valence-corrected chi connectivity index (χ2v) is 5.03. The van der Waals surface area contributed by atoms with Crippen molar-refractivity contribution in [1.29, 1.82) is 0 Å². The molecule has 0 fully saturated rings. The Morgan fingerprint density at radius 3 is 2.42 bits per heavy atom. The first-order chi connectivity index (χ1) is 11.4. The fraction of sp³-hybridized carbons (Fsp3) is 0.562. The SMILES string of the molecule is CCN(CC)CCNC(=NC)NCc1ccccc1OC(F)(F)F. The molecule has 0 aliphatic heterocycles. The van der Waals surface area contributed by atoms with Gasteiger partial charge < -0.3 is 20.3 Å². The van der Waals surface area contributed by atoms with E-state index in [4.69, 9.17) is 0 Å². The van der Waals surface area contributed by atoms with Crippen molar-refractivity contribution in [2.24, 2.45) is 4.99 Å². The van der Waals surface area contributed by atoms with Gasteiger partial charge in [0.25, 0.3) is 0 Å². The molecule has 8 heteroatoms. The topological polar surface area (TPSA) is 48.9 Å². The molecule has 0 amide bonds. The third-order valence-corrected chi connectivity index (χ3v) is 3.48. The standard InChI is InChI=1S/C16H25F3N4O/c1-4-23(5-2)11-10-21-15(20-3)22-12-13-8-6-7-9-14(13)24-16(17,18)19/h6-9H,4-5,10-12H2,1-3H3,(H2,20,21,22). The lowest BCUT2D eigenvalue weighted by Gasteiger charge is -2.19. The molecular weight excluding hydrogens is 321 g/mol. The van der Waals surface area contributed by atoms with Gasteiger partial charge in [-0.3, -0.25) is 4.99 Å². The Morgan fingerprint density at radius 1 is 1.17 bits per heavy atom. The van der Waals surface area contributed by atoms with Crippen LogP contribution in [-0.4, -0.2) is 50.4 Å². The number of hydrogen-bond donors (Lipinski definition) is 2. The normalized spacial score (nSPS) is 12.4. The quantitative estimate of drug-likeness (QED) is 0.561. The first kappa shape index (κ1) is 20.1. The average molecular weight is 346 g/mol. The summed E-state index contributed by atoms with van der Waals surface area (Å²) in [5.74, 6) is 0.320. The van der Waals surface area contributed by atoms with E-state index in [9.17, 15) is 13.2 Å². The van der Waals surface area contributed by atoms with E-state index < -0.39 is 6.36 Å².